The molecule has 1 saturated heterocycles. The minimum absolute atomic E-state index is 0.192. The number of nitrogens with one attached hydrogen (secondary N) is 1. The molecule has 1 heterocycles. The fourth-order valence-corrected chi connectivity index (χ4v) is 4.86. The minimum Gasteiger partial charge on any atom is -0.493 e. The predicted octanol–water partition coefficient (Wildman–Crippen LogP) is 5.58. The summed E-state index contributed by atoms with van der Waals surface area (Å²) in [6, 6.07) is 21.4. The van der Waals surface area contributed by atoms with Gasteiger partial charge in [-0.3, -0.25) is 19.3 Å². The number of carbonyl (C=O) groups excluding carboxylic acids is 3. The Labute approximate surface area is 226 Å². The Morgan fingerprint density at radius 1 is 1.14 bits per heavy atom. The lowest BCUT2D eigenvalue weighted by molar-refractivity contribution is -0.127. The first kappa shape index (κ1) is 26.0. The normalized spacial score (nSPS) is 14.0. The molecule has 186 valence electrons. The van der Waals surface area contributed by atoms with Crippen LogP contribution in [0.2, 0.25) is 0 Å². The van der Waals surface area contributed by atoms with Gasteiger partial charge in [0.25, 0.3) is 11.1 Å². The van der Waals surface area contributed by atoms with Crippen LogP contribution < -0.4 is 14.8 Å². The fraction of sp³-hybridized carbons (Fsp3) is 0.111. The number of halogens is 1. The van der Waals surface area contributed by atoms with Gasteiger partial charge in [0.05, 0.1) is 28.1 Å². The number of methoxy groups -OCH3 is 1. The van der Waals surface area contributed by atoms with Gasteiger partial charge in [0.15, 0.2) is 11.5 Å². The highest BCUT2D eigenvalue weighted by Gasteiger charge is 2.36. The summed E-state index contributed by atoms with van der Waals surface area (Å²) in [5.41, 5.74) is 2.62. The van der Waals surface area contributed by atoms with E-state index in [1.165, 1.54) is 7.11 Å². The van der Waals surface area contributed by atoms with E-state index in [1.54, 1.807) is 54.6 Å². The number of nitriles is 1. The number of anilines is 1. The molecule has 3 aromatic carbocycles. The monoisotopic (exact) mass is 577 g/mol. The zero-order valence-corrected chi connectivity index (χ0v) is 22.0. The lowest BCUT2D eigenvalue weighted by Gasteiger charge is -2.14. The standard InChI is InChI=1S/C27H20BrN3O5S/c1-35-22-12-19(11-21(28)25(22)36-16-18-9-7-17(14-29)8-10-18)13-23-26(33)31(27(34)37-23)15-24(32)30-20-5-3-2-4-6-20/h2-13H,15-16H2,1H3,(H,30,32)/b23-13+. The number of hydrogen-bond acceptors (Lipinski definition) is 7. The maximum absolute atomic E-state index is 12.9. The summed E-state index contributed by atoms with van der Waals surface area (Å²) >= 11 is 4.26. The Balaban J connectivity index is 1.46. The quantitative estimate of drug-likeness (QED) is 0.348. The highest BCUT2D eigenvalue weighted by molar-refractivity contribution is 9.10. The number of carbonyl (C=O) groups is 3. The molecule has 0 aliphatic carbocycles. The molecule has 4 rings (SSSR count). The first-order valence-corrected chi connectivity index (χ1v) is 12.6. The van der Waals surface area contributed by atoms with Crippen molar-refractivity contribution in [3.05, 3.63) is 92.8 Å². The summed E-state index contributed by atoms with van der Waals surface area (Å²) in [4.78, 5) is 38.8. The second-order valence-electron chi connectivity index (χ2n) is 7.81. The van der Waals surface area contributed by atoms with E-state index < -0.39 is 17.1 Å². The highest BCUT2D eigenvalue weighted by atomic mass is 79.9. The molecule has 10 heteroatoms. The van der Waals surface area contributed by atoms with Crippen LogP contribution in [0.3, 0.4) is 0 Å². The molecule has 0 radical (unpaired) electrons. The second-order valence-corrected chi connectivity index (χ2v) is 9.66. The number of para-hydroxylation sites is 1. The molecule has 3 aromatic rings. The number of ether oxygens (including phenoxy) is 2. The van der Waals surface area contributed by atoms with Crippen LogP contribution in [-0.2, 0) is 16.2 Å². The Morgan fingerprint density at radius 2 is 1.86 bits per heavy atom. The van der Waals surface area contributed by atoms with Crippen molar-refractivity contribution in [2.24, 2.45) is 0 Å². The zero-order chi connectivity index (χ0) is 26.4. The SMILES string of the molecule is COc1cc(/C=C2/SC(=O)N(CC(=O)Nc3ccccc3)C2=O)cc(Br)c1OCc1ccc(C#N)cc1. The van der Waals surface area contributed by atoms with Crippen molar-refractivity contribution < 1.29 is 23.9 Å². The van der Waals surface area contributed by atoms with Gasteiger partial charge in [-0.05, 0) is 81.3 Å². The van der Waals surface area contributed by atoms with Gasteiger partial charge < -0.3 is 14.8 Å². The van der Waals surface area contributed by atoms with Gasteiger partial charge >= 0.3 is 0 Å². The number of imide groups is 1. The van der Waals surface area contributed by atoms with Crippen LogP contribution >= 0.6 is 27.7 Å². The van der Waals surface area contributed by atoms with E-state index in [2.05, 4.69) is 27.3 Å². The summed E-state index contributed by atoms with van der Waals surface area (Å²) in [6.07, 6.45) is 1.57. The first-order valence-electron chi connectivity index (χ1n) is 11.0. The topological polar surface area (TPSA) is 109 Å². The molecule has 0 unspecified atom stereocenters. The lowest BCUT2D eigenvalue weighted by Crippen LogP contribution is -2.36. The van der Waals surface area contributed by atoms with E-state index in [0.29, 0.717) is 32.8 Å². The largest absolute Gasteiger partial charge is 0.493 e. The first-order chi connectivity index (χ1) is 17.9. The number of hydrogen-bond donors (Lipinski definition) is 1. The van der Waals surface area contributed by atoms with Crippen LogP contribution in [0.4, 0.5) is 10.5 Å². The third-order valence-electron chi connectivity index (χ3n) is 5.25. The molecular formula is C27H20BrN3O5S. The minimum atomic E-state index is -0.547. The summed E-state index contributed by atoms with van der Waals surface area (Å²) in [6.45, 7) is -0.129. The van der Waals surface area contributed by atoms with Gasteiger partial charge in [-0.2, -0.15) is 5.26 Å². The Morgan fingerprint density at radius 3 is 2.54 bits per heavy atom. The van der Waals surface area contributed by atoms with Crippen molar-refractivity contribution in [1.29, 1.82) is 5.26 Å². The molecule has 1 aliphatic heterocycles. The van der Waals surface area contributed by atoms with Crippen molar-refractivity contribution in [3.8, 4) is 17.6 Å². The molecule has 8 nitrogen and oxygen atoms in total. The van der Waals surface area contributed by atoms with Crippen LogP contribution in [0, 0.1) is 11.3 Å². The summed E-state index contributed by atoms with van der Waals surface area (Å²) in [5.74, 6) is -0.122. The Hall–Kier alpha value is -4.07. The van der Waals surface area contributed by atoms with Crippen molar-refractivity contribution in [2.45, 2.75) is 6.61 Å². The third kappa shape index (κ3) is 6.39. The molecule has 1 fully saturated rings. The van der Waals surface area contributed by atoms with Gasteiger partial charge in [0.2, 0.25) is 5.91 Å². The molecule has 0 bridgehead atoms. The zero-order valence-electron chi connectivity index (χ0n) is 19.6. The third-order valence-corrected chi connectivity index (χ3v) is 6.75. The van der Waals surface area contributed by atoms with Gasteiger partial charge in [0, 0.05) is 5.69 Å². The molecule has 0 aromatic heterocycles. The van der Waals surface area contributed by atoms with Crippen molar-refractivity contribution in [3.63, 3.8) is 0 Å². The summed E-state index contributed by atoms with van der Waals surface area (Å²) < 4.78 is 12.0. The highest BCUT2D eigenvalue weighted by Crippen LogP contribution is 2.39. The van der Waals surface area contributed by atoms with E-state index in [9.17, 15) is 14.4 Å². The van der Waals surface area contributed by atoms with Crippen LogP contribution in [0.25, 0.3) is 6.08 Å². The smallest absolute Gasteiger partial charge is 0.294 e. The number of rotatable bonds is 8. The second kappa shape index (κ2) is 11.8. The molecule has 37 heavy (non-hydrogen) atoms. The average molecular weight is 578 g/mol. The Bertz CT molecular complexity index is 1420. The van der Waals surface area contributed by atoms with E-state index >= 15 is 0 Å². The number of amides is 3. The molecule has 3 amide bonds. The number of benzene rings is 3. The van der Waals surface area contributed by atoms with Gasteiger partial charge in [-0.1, -0.05) is 30.3 Å². The van der Waals surface area contributed by atoms with Crippen LogP contribution in [0.5, 0.6) is 11.5 Å². The van der Waals surface area contributed by atoms with Crippen molar-refractivity contribution >= 4 is 56.5 Å². The van der Waals surface area contributed by atoms with Crippen LogP contribution in [0.1, 0.15) is 16.7 Å². The molecule has 1 N–H and O–H groups in total. The molecule has 0 saturated carbocycles. The fourth-order valence-electron chi connectivity index (χ4n) is 3.45. The van der Waals surface area contributed by atoms with E-state index in [-0.39, 0.29) is 18.1 Å². The van der Waals surface area contributed by atoms with Gasteiger partial charge in [-0.15, -0.1) is 0 Å². The van der Waals surface area contributed by atoms with Crippen LogP contribution in [-0.4, -0.2) is 35.6 Å². The van der Waals surface area contributed by atoms with Gasteiger partial charge in [0.1, 0.15) is 13.2 Å². The van der Waals surface area contributed by atoms with E-state index in [0.717, 1.165) is 22.2 Å². The lowest BCUT2D eigenvalue weighted by atomic mass is 10.1. The van der Waals surface area contributed by atoms with Crippen molar-refractivity contribution in [2.75, 3.05) is 19.0 Å². The number of nitrogens with zero attached hydrogens (tertiary/aromatic N) is 2. The maximum atomic E-state index is 12.9. The summed E-state index contributed by atoms with van der Waals surface area (Å²) in [7, 11) is 1.50. The number of thioether (sulfide) groups is 1. The van der Waals surface area contributed by atoms with Gasteiger partial charge in [-0.25, -0.2) is 0 Å². The van der Waals surface area contributed by atoms with Crippen molar-refractivity contribution in [1.82, 2.24) is 4.90 Å². The summed E-state index contributed by atoms with van der Waals surface area (Å²) in [5, 5.41) is 11.1. The van der Waals surface area contributed by atoms with Crippen LogP contribution in [0.15, 0.2) is 76.1 Å². The predicted molar refractivity (Wildman–Crippen MR) is 144 cm³/mol. The molecule has 0 spiro atoms. The van der Waals surface area contributed by atoms with E-state index in [1.807, 2.05) is 18.2 Å². The average Bonchev–Trinajstić information content (AvgIpc) is 3.15. The molecular weight excluding hydrogens is 558 g/mol. The maximum Gasteiger partial charge on any atom is 0.294 e. The Kier molecular flexibility index (Phi) is 8.28. The van der Waals surface area contributed by atoms with E-state index in [4.69, 9.17) is 14.7 Å². The molecule has 0 atom stereocenters. The molecule has 1 aliphatic rings.